The van der Waals surface area contributed by atoms with Crippen LogP contribution in [0.3, 0.4) is 0 Å². The number of rotatable bonds is 7. The molecule has 2 aromatic rings. The predicted molar refractivity (Wildman–Crippen MR) is 108 cm³/mol. The Morgan fingerprint density at radius 1 is 0.968 bits per heavy atom. The first-order chi connectivity index (χ1) is 14.4. The molecule has 1 aliphatic heterocycles. The number of ether oxygens (including phenoxy) is 2. The fourth-order valence-corrected chi connectivity index (χ4v) is 3.18. The number of nitrogens with one attached hydrogen (secondary N) is 1. The van der Waals surface area contributed by atoms with Gasteiger partial charge in [0.2, 0.25) is 0 Å². The Morgan fingerprint density at radius 3 is 1.94 bits per heavy atom. The van der Waals surface area contributed by atoms with E-state index >= 15 is 0 Å². The minimum Gasteiger partial charge on any atom is -0.493 e. The standard InChI is InChI=1S/C22H23F3N2O4/c1-14(12-27-19(28)21(2,3)26-20(27)29)13-30-17-8-4-15(5-9-17)16-6-10-18(11-7-16)31-22(23,24)25/h4-11,14H,12-13H2,1-3H3,(H,26,29)/t14-/m0/s1. The van der Waals surface area contributed by atoms with Crippen LogP contribution in [-0.2, 0) is 4.79 Å². The lowest BCUT2D eigenvalue weighted by atomic mass is 10.1. The maximum Gasteiger partial charge on any atom is 0.573 e. The molecular weight excluding hydrogens is 413 g/mol. The SMILES string of the molecule is C[C@H](COc1ccc(-c2ccc(OC(F)(F)F)cc2)cc1)CN1C(=O)NC(C)(C)C1=O. The molecule has 1 heterocycles. The summed E-state index contributed by atoms with van der Waals surface area (Å²) >= 11 is 0. The van der Waals surface area contributed by atoms with E-state index in [4.69, 9.17) is 4.74 Å². The molecule has 1 saturated heterocycles. The average molecular weight is 436 g/mol. The molecule has 0 aliphatic carbocycles. The molecule has 0 aromatic heterocycles. The van der Waals surface area contributed by atoms with Crippen molar-refractivity contribution in [2.45, 2.75) is 32.7 Å². The molecular formula is C22H23F3N2O4. The van der Waals surface area contributed by atoms with E-state index in [2.05, 4.69) is 10.1 Å². The van der Waals surface area contributed by atoms with Crippen LogP contribution in [0.1, 0.15) is 20.8 Å². The molecule has 1 atom stereocenters. The van der Waals surface area contributed by atoms with Crippen LogP contribution in [0.25, 0.3) is 11.1 Å². The van der Waals surface area contributed by atoms with Crippen molar-refractivity contribution in [3.8, 4) is 22.6 Å². The van der Waals surface area contributed by atoms with Gasteiger partial charge in [0, 0.05) is 12.5 Å². The first-order valence-corrected chi connectivity index (χ1v) is 9.68. The number of alkyl halides is 3. The van der Waals surface area contributed by atoms with E-state index in [1.807, 2.05) is 6.92 Å². The van der Waals surface area contributed by atoms with E-state index in [1.54, 1.807) is 50.2 Å². The molecule has 0 unspecified atom stereocenters. The van der Waals surface area contributed by atoms with Gasteiger partial charge >= 0.3 is 12.4 Å². The van der Waals surface area contributed by atoms with Gasteiger partial charge in [0.1, 0.15) is 17.0 Å². The molecule has 31 heavy (non-hydrogen) atoms. The van der Waals surface area contributed by atoms with Gasteiger partial charge in [0.25, 0.3) is 5.91 Å². The second kappa shape index (κ2) is 8.49. The van der Waals surface area contributed by atoms with Crippen molar-refractivity contribution >= 4 is 11.9 Å². The number of carbonyl (C=O) groups is 2. The molecule has 3 amide bonds. The normalized spacial score (nSPS) is 16.8. The van der Waals surface area contributed by atoms with Crippen LogP contribution in [0.4, 0.5) is 18.0 Å². The smallest absolute Gasteiger partial charge is 0.493 e. The average Bonchev–Trinajstić information content (AvgIpc) is 2.88. The van der Waals surface area contributed by atoms with Gasteiger partial charge in [-0.3, -0.25) is 9.69 Å². The summed E-state index contributed by atoms with van der Waals surface area (Å²) in [5, 5.41) is 2.64. The summed E-state index contributed by atoms with van der Waals surface area (Å²) in [6, 6.07) is 12.3. The van der Waals surface area contributed by atoms with Crippen molar-refractivity contribution in [3.05, 3.63) is 48.5 Å². The van der Waals surface area contributed by atoms with Gasteiger partial charge < -0.3 is 14.8 Å². The monoisotopic (exact) mass is 436 g/mol. The third-order valence-electron chi connectivity index (χ3n) is 4.75. The molecule has 0 bridgehead atoms. The molecule has 6 nitrogen and oxygen atoms in total. The van der Waals surface area contributed by atoms with E-state index in [0.29, 0.717) is 12.4 Å². The third kappa shape index (κ3) is 5.68. The fraction of sp³-hybridized carbons (Fsp3) is 0.364. The molecule has 9 heteroatoms. The summed E-state index contributed by atoms with van der Waals surface area (Å²) in [6.07, 6.45) is -4.72. The number of hydrogen-bond acceptors (Lipinski definition) is 4. The quantitative estimate of drug-likeness (QED) is 0.645. The number of imide groups is 1. The van der Waals surface area contributed by atoms with Crippen molar-refractivity contribution in [2.75, 3.05) is 13.2 Å². The Hall–Kier alpha value is -3.23. The molecule has 0 radical (unpaired) electrons. The van der Waals surface area contributed by atoms with Crippen molar-refractivity contribution < 1.29 is 32.2 Å². The molecule has 0 spiro atoms. The fourth-order valence-electron chi connectivity index (χ4n) is 3.18. The maximum atomic E-state index is 12.2. The minimum atomic E-state index is -4.72. The Balaban J connectivity index is 1.54. The lowest BCUT2D eigenvalue weighted by Crippen LogP contribution is -2.41. The number of amides is 3. The van der Waals surface area contributed by atoms with Crippen LogP contribution in [0.5, 0.6) is 11.5 Å². The van der Waals surface area contributed by atoms with Gasteiger partial charge in [-0.2, -0.15) is 0 Å². The van der Waals surface area contributed by atoms with Gasteiger partial charge in [-0.25, -0.2) is 4.79 Å². The van der Waals surface area contributed by atoms with E-state index in [-0.39, 0.29) is 24.1 Å². The summed E-state index contributed by atoms with van der Waals surface area (Å²) < 4.78 is 46.4. The highest BCUT2D eigenvalue weighted by atomic mass is 19.4. The molecule has 3 rings (SSSR count). The van der Waals surface area contributed by atoms with E-state index in [0.717, 1.165) is 11.1 Å². The summed E-state index contributed by atoms with van der Waals surface area (Å²) in [6.45, 7) is 5.75. The lowest BCUT2D eigenvalue weighted by Gasteiger charge is -2.20. The highest BCUT2D eigenvalue weighted by molar-refractivity contribution is 6.06. The maximum absolute atomic E-state index is 12.2. The topological polar surface area (TPSA) is 67.9 Å². The van der Waals surface area contributed by atoms with Crippen LogP contribution >= 0.6 is 0 Å². The number of nitrogens with zero attached hydrogens (tertiary/aromatic N) is 1. The van der Waals surface area contributed by atoms with Crippen molar-refractivity contribution in [1.82, 2.24) is 10.2 Å². The third-order valence-corrected chi connectivity index (χ3v) is 4.75. The second-order valence-electron chi connectivity index (χ2n) is 7.98. The van der Waals surface area contributed by atoms with Crippen LogP contribution < -0.4 is 14.8 Å². The Kier molecular flexibility index (Phi) is 6.15. The summed E-state index contributed by atoms with van der Waals surface area (Å²) in [5.41, 5.74) is 0.640. The van der Waals surface area contributed by atoms with Crippen LogP contribution in [0.15, 0.2) is 48.5 Å². The Bertz CT molecular complexity index is 941. The zero-order chi connectivity index (χ0) is 22.8. The predicted octanol–water partition coefficient (Wildman–Crippen LogP) is 4.60. The Labute approximate surface area is 177 Å². The van der Waals surface area contributed by atoms with Gasteiger partial charge in [-0.15, -0.1) is 13.2 Å². The molecule has 2 aromatic carbocycles. The van der Waals surface area contributed by atoms with Crippen molar-refractivity contribution in [2.24, 2.45) is 5.92 Å². The molecule has 1 fully saturated rings. The van der Waals surface area contributed by atoms with Crippen molar-refractivity contribution in [1.29, 1.82) is 0 Å². The first-order valence-electron chi connectivity index (χ1n) is 9.68. The summed E-state index contributed by atoms with van der Waals surface area (Å²) in [5.74, 6) is -0.0197. The zero-order valence-corrected chi connectivity index (χ0v) is 17.3. The lowest BCUT2D eigenvalue weighted by molar-refractivity contribution is -0.274. The van der Waals surface area contributed by atoms with Gasteiger partial charge in [-0.1, -0.05) is 31.2 Å². The highest BCUT2D eigenvalue weighted by Gasteiger charge is 2.44. The van der Waals surface area contributed by atoms with Crippen molar-refractivity contribution in [3.63, 3.8) is 0 Å². The molecule has 1 N–H and O–H groups in total. The number of carbonyl (C=O) groups excluding carboxylic acids is 2. The number of benzene rings is 2. The van der Waals surface area contributed by atoms with Crippen LogP contribution in [0.2, 0.25) is 0 Å². The van der Waals surface area contributed by atoms with Gasteiger partial charge in [0.05, 0.1) is 6.61 Å². The number of halogens is 3. The largest absolute Gasteiger partial charge is 0.573 e. The Morgan fingerprint density at radius 2 is 1.48 bits per heavy atom. The molecule has 1 aliphatic rings. The molecule has 166 valence electrons. The van der Waals surface area contributed by atoms with Crippen LogP contribution in [-0.4, -0.2) is 41.9 Å². The van der Waals surface area contributed by atoms with Gasteiger partial charge in [0.15, 0.2) is 0 Å². The zero-order valence-electron chi connectivity index (χ0n) is 17.3. The highest BCUT2D eigenvalue weighted by Crippen LogP contribution is 2.28. The number of hydrogen-bond donors (Lipinski definition) is 1. The van der Waals surface area contributed by atoms with E-state index in [1.165, 1.54) is 17.0 Å². The van der Waals surface area contributed by atoms with E-state index < -0.39 is 17.9 Å². The second-order valence-corrected chi connectivity index (χ2v) is 7.98. The number of urea groups is 1. The molecule has 0 saturated carbocycles. The minimum absolute atomic E-state index is 0.0792. The van der Waals surface area contributed by atoms with Crippen LogP contribution in [0, 0.1) is 5.92 Å². The van der Waals surface area contributed by atoms with Gasteiger partial charge in [-0.05, 0) is 49.2 Å². The summed E-state index contributed by atoms with van der Waals surface area (Å²) in [7, 11) is 0. The summed E-state index contributed by atoms with van der Waals surface area (Å²) in [4.78, 5) is 25.4. The van der Waals surface area contributed by atoms with E-state index in [9.17, 15) is 22.8 Å². The first kappa shape index (κ1) is 22.5.